The Labute approximate surface area is 137 Å². The number of nitrogens with one attached hydrogen (secondary N) is 1. The predicted octanol–water partition coefficient (Wildman–Crippen LogP) is 2.76. The molecule has 0 radical (unpaired) electrons. The number of carboxylic acids is 1. The molecule has 0 amide bonds. The van der Waals surface area contributed by atoms with Crippen molar-refractivity contribution in [3.63, 3.8) is 0 Å². The van der Waals surface area contributed by atoms with E-state index in [-0.39, 0.29) is 0 Å². The lowest BCUT2D eigenvalue weighted by Gasteiger charge is -2.16. The number of benzene rings is 1. The molecule has 0 aliphatic carbocycles. The molecule has 0 heterocycles. The zero-order valence-corrected chi connectivity index (χ0v) is 14.7. The monoisotopic (exact) mass is 377 g/mol. The highest BCUT2D eigenvalue weighted by Crippen LogP contribution is 2.33. The van der Waals surface area contributed by atoms with Gasteiger partial charge in [-0.25, -0.2) is 0 Å². The van der Waals surface area contributed by atoms with Crippen molar-refractivity contribution in [1.82, 2.24) is 5.32 Å². The SMILES string of the molecule is COc1cc(Br)c(CNC(CCSC)C(=O)O)cc1OC. The van der Waals surface area contributed by atoms with Gasteiger partial charge >= 0.3 is 5.97 Å². The molecule has 0 bridgehead atoms. The zero-order chi connectivity index (χ0) is 15.8. The summed E-state index contributed by atoms with van der Waals surface area (Å²) >= 11 is 5.10. The van der Waals surface area contributed by atoms with Crippen LogP contribution in [0.15, 0.2) is 16.6 Å². The van der Waals surface area contributed by atoms with E-state index in [1.54, 1.807) is 26.0 Å². The number of carboxylic acid groups (broad SMARTS) is 1. The van der Waals surface area contributed by atoms with Gasteiger partial charge in [0.2, 0.25) is 0 Å². The van der Waals surface area contributed by atoms with E-state index in [1.165, 1.54) is 0 Å². The third-order valence-corrected chi connectivity index (χ3v) is 4.38. The number of halogens is 1. The first kappa shape index (κ1) is 18.1. The topological polar surface area (TPSA) is 67.8 Å². The molecule has 21 heavy (non-hydrogen) atoms. The zero-order valence-electron chi connectivity index (χ0n) is 12.3. The number of ether oxygens (including phenoxy) is 2. The van der Waals surface area contributed by atoms with E-state index in [0.29, 0.717) is 24.5 Å². The summed E-state index contributed by atoms with van der Waals surface area (Å²) in [5.41, 5.74) is 0.919. The van der Waals surface area contributed by atoms with Gasteiger partial charge in [-0.05, 0) is 36.1 Å². The minimum absolute atomic E-state index is 0.437. The highest BCUT2D eigenvalue weighted by atomic mass is 79.9. The van der Waals surface area contributed by atoms with Gasteiger partial charge < -0.3 is 19.9 Å². The third-order valence-electron chi connectivity index (χ3n) is 3.00. The van der Waals surface area contributed by atoms with Crippen LogP contribution in [0.2, 0.25) is 0 Å². The van der Waals surface area contributed by atoms with Crippen molar-refractivity contribution in [2.24, 2.45) is 0 Å². The van der Waals surface area contributed by atoms with Crippen molar-refractivity contribution in [1.29, 1.82) is 0 Å². The van der Waals surface area contributed by atoms with Crippen molar-refractivity contribution in [3.8, 4) is 11.5 Å². The van der Waals surface area contributed by atoms with E-state index < -0.39 is 12.0 Å². The van der Waals surface area contributed by atoms with Gasteiger partial charge in [-0.15, -0.1) is 0 Å². The highest BCUT2D eigenvalue weighted by molar-refractivity contribution is 9.10. The molecule has 0 saturated carbocycles. The maximum absolute atomic E-state index is 11.2. The third kappa shape index (κ3) is 5.41. The fraction of sp³-hybridized carbons (Fsp3) is 0.500. The summed E-state index contributed by atoms with van der Waals surface area (Å²) in [6.07, 6.45) is 2.55. The van der Waals surface area contributed by atoms with Crippen LogP contribution in [0.3, 0.4) is 0 Å². The second-order valence-electron chi connectivity index (χ2n) is 4.35. The van der Waals surface area contributed by atoms with Crippen LogP contribution < -0.4 is 14.8 Å². The second kappa shape index (κ2) is 9.17. The Morgan fingerprint density at radius 3 is 2.52 bits per heavy atom. The molecular formula is C14H20BrNO4S. The van der Waals surface area contributed by atoms with Gasteiger partial charge in [-0.1, -0.05) is 15.9 Å². The summed E-state index contributed by atoms with van der Waals surface area (Å²) in [5, 5.41) is 12.3. The largest absolute Gasteiger partial charge is 0.493 e. The molecule has 1 unspecified atom stereocenters. The van der Waals surface area contributed by atoms with Gasteiger partial charge in [-0.3, -0.25) is 4.79 Å². The molecule has 0 aromatic heterocycles. The Morgan fingerprint density at radius 2 is 2.00 bits per heavy atom. The Hall–Kier alpha value is -0.920. The van der Waals surface area contributed by atoms with Gasteiger partial charge in [0.25, 0.3) is 0 Å². The van der Waals surface area contributed by atoms with E-state index in [0.717, 1.165) is 15.8 Å². The lowest BCUT2D eigenvalue weighted by molar-refractivity contribution is -0.139. The van der Waals surface area contributed by atoms with Gasteiger partial charge in [0, 0.05) is 11.0 Å². The van der Waals surface area contributed by atoms with E-state index in [9.17, 15) is 9.90 Å². The fourth-order valence-corrected chi connectivity index (χ4v) is 2.75. The standard InChI is InChI=1S/C14H20BrNO4S/c1-19-12-6-9(10(15)7-13(12)20-2)8-16-11(14(17)18)4-5-21-3/h6-7,11,16H,4-5,8H2,1-3H3,(H,17,18). The summed E-state index contributed by atoms with van der Waals surface area (Å²) in [6, 6.07) is 3.09. The first-order chi connectivity index (χ1) is 10.0. The number of aliphatic carboxylic acids is 1. The molecule has 0 saturated heterocycles. The number of rotatable bonds is 9. The van der Waals surface area contributed by atoms with Crippen LogP contribution in [0.1, 0.15) is 12.0 Å². The summed E-state index contributed by atoms with van der Waals surface area (Å²) in [7, 11) is 3.15. The van der Waals surface area contributed by atoms with Crippen molar-refractivity contribution in [3.05, 3.63) is 22.2 Å². The maximum Gasteiger partial charge on any atom is 0.320 e. The van der Waals surface area contributed by atoms with Crippen LogP contribution >= 0.6 is 27.7 Å². The lowest BCUT2D eigenvalue weighted by atomic mass is 10.1. The molecule has 0 spiro atoms. The second-order valence-corrected chi connectivity index (χ2v) is 6.19. The molecule has 1 rings (SSSR count). The average Bonchev–Trinajstić information content (AvgIpc) is 2.47. The molecule has 1 aromatic carbocycles. The van der Waals surface area contributed by atoms with Gasteiger partial charge in [0.15, 0.2) is 11.5 Å². The number of methoxy groups -OCH3 is 2. The molecule has 1 aromatic rings. The van der Waals surface area contributed by atoms with E-state index >= 15 is 0 Å². The van der Waals surface area contributed by atoms with Crippen LogP contribution in [0.4, 0.5) is 0 Å². The molecular weight excluding hydrogens is 358 g/mol. The van der Waals surface area contributed by atoms with Gasteiger partial charge in [-0.2, -0.15) is 11.8 Å². The Bertz CT molecular complexity index is 484. The van der Waals surface area contributed by atoms with Crippen LogP contribution in [0, 0.1) is 0 Å². The van der Waals surface area contributed by atoms with Crippen LogP contribution in [-0.2, 0) is 11.3 Å². The van der Waals surface area contributed by atoms with Crippen LogP contribution in [0.5, 0.6) is 11.5 Å². The van der Waals surface area contributed by atoms with Crippen molar-refractivity contribution in [2.75, 3.05) is 26.2 Å². The Balaban J connectivity index is 2.79. The molecule has 0 fully saturated rings. The van der Waals surface area contributed by atoms with Crippen LogP contribution in [0.25, 0.3) is 0 Å². The maximum atomic E-state index is 11.2. The quantitative estimate of drug-likeness (QED) is 0.689. The smallest absolute Gasteiger partial charge is 0.320 e. The molecule has 2 N–H and O–H groups in total. The molecule has 7 heteroatoms. The molecule has 0 aliphatic rings. The minimum atomic E-state index is -0.833. The minimum Gasteiger partial charge on any atom is -0.493 e. The molecule has 1 atom stereocenters. The summed E-state index contributed by atoms with van der Waals surface area (Å²) in [4.78, 5) is 11.2. The summed E-state index contributed by atoms with van der Waals surface area (Å²) in [6.45, 7) is 0.437. The molecule has 5 nitrogen and oxygen atoms in total. The first-order valence-electron chi connectivity index (χ1n) is 6.39. The van der Waals surface area contributed by atoms with E-state index in [1.807, 2.05) is 18.4 Å². The van der Waals surface area contributed by atoms with E-state index in [2.05, 4.69) is 21.2 Å². The predicted molar refractivity (Wildman–Crippen MR) is 88.5 cm³/mol. The molecule has 118 valence electrons. The average molecular weight is 378 g/mol. The molecule has 0 aliphatic heterocycles. The number of hydrogen-bond donors (Lipinski definition) is 2. The number of hydrogen-bond acceptors (Lipinski definition) is 5. The summed E-state index contributed by atoms with van der Waals surface area (Å²) < 4.78 is 11.3. The van der Waals surface area contributed by atoms with Crippen molar-refractivity contribution < 1.29 is 19.4 Å². The highest BCUT2D eigenvalue weighted by Gasteiger charge is 2.17. The fourth-order valence-electron chi connectivity index (χ4n) is 1.81. The van der Waals surface area contributed by atoms with Gasteiger partial charge in [0.1, 0.15) is 6.04 Å². The number of thioether (sulfide) groups is 1. The van der Waals surface area contributed by atoms with Crippen molar-refractivity contribution >= 4 is 33.7 Å². The lowest BCUT2D eigenvalue weighted by Crippen LogP contribution is -2.36. The number of carbonyl (C=O) groups is 1. The Kier molecular flexibility index (Phi) is 7.92. The van der Waals surface area contributed by atoms with E-state index in [4.69, 9.17) is 9.47 Å². The Morgan fingerprint density at radius 1 is 1.38 bits per heavy atom. The van der Waals surface area contributed by atoms with Crippen molar-refractivity contribution in [2.45, 2.75) is 19.0 Å². The summed E-state index contributed by atoms with van der Waals surface area (Å²) in [5.74, 6) is 1.22. The van der Waals surface area contributed by atoms with Gasteiger partial charge in [0.05, 0.1) is 14.2 Å². The normalized spacial score (nSPS) is 12.0. The first-order valence-corrected chi connectivity index (χ1v) is 8.57. The van der Waals surface area contributed by atoms with Crippen LogP contribution in [-0.4, -0.2) is 43.3 Å².